The molecule has 2 heterocycles. The summed E-state index contributed by atoms with van der Waals surface area (Å²) in [4.78, 5) is 73.9. The number of piperidine rings is 1. The molecule has 302 valence electrons. The number of benzene rings is 1. The fraction of sp³-hybridized carbons (Fsp3) is 0.744. The van der Waals surface area contributed by atoms with Crippen LogP contribution in [-0.2, 0) is 39.9 Å². The third-order valence-electron chi connectivity index (χ3n) is 13.3. The Balaban J connectivity index is 1.46. The van der Waals surface area contributed by atoms with E-state index < -0.39 is 42.0 Å². The highest BCUT2D eigenvalue weighted by Crippen LogP contribution is 2.42. The average molecular weight is 754 g/mol. The van der Waals surface area contributed by atoms with Crippen molar-refractivity contribution in [2.45, 2.75) is 135 Å². The number of rotatable bonds is 21. The topological polar surface area (TPSA) is 134 Å². The number of carboxylic acid groups (broad SMARTS) is 1. The van der Waals surface area contributed by atoms with E-state index in [-0.39, 0.29) is 73.0 Å². The van der Waals surface area contributed by atoms with Crippen molar-refractivity contribution in [2.75, 3.05) is 34.9 Å². The maximum Gasteiger partial charge on any atom is 0.307 e. The van der Waals surface area contributed by atoms with Crippen molar-refractivity contribution in [1.82, 2.24) is 14.7 Å². The number of amides is 2. The SMILES string of the molecule is CC[C@H](C)[C@@H]([C@@H](CC(=O)N1CCC[C@H]1[C@H](OC)[C@@H](C)C(=O)C[C@@H](Cc1ccccc1)C(=O)O)OC)N(C)C(=O)[C@@H](CC(=O)[C@@H]1[C@H]2CC[C@H](C2)N1C)C(C)C. The second-order valence-electron chi connectivity index (χ2n) is 16.8. The van der Waals surface area contributed by atoms with Gasteiger partial charge in [0.05, 0.1) is 42.7 Å². The van der Waals surface area contributed by atoms with Gasteiger partial charge < -0.3 is 24.4 Å². The zero-order valence-corrected chi connectivity index (χ0v) is 34.2. The van der Waals surface area contributed by atoms with Gasteiger partial charge in [-0.3, -0.25) is 28.9 Å². The summed E-state index contributed by atoms with van der Waals surface area (Å²) in [6.07, 6.45) is 4.59. The number of hydrogen-bond donors (Lipinski definition) is 1. The van der Waals surface area contributed by atoms with Crippen molar-refractivity contribution < 1.29 is 38.6 Å². The smallest absolute Gasteiger partial charge is 0.307 e. The molecule has 11 heteroatoms. The minimum Gasteiger partial charge on any atom is -0.481 e. The minimum atomic E-state index is -1.02. The largest absolute Gasteiger partial charge is 0.481 e. The van der Waals surface area contributed by atoms with E-state index in [1.165, 1.54) is 7.11 Å². The van der Waals surface area contributed by atoms with Crippen LogP contribution in [0.3, 0.4) is 0 Å². The summed E-state index contributed by atoms with van der Waals surface area (Å²) >= 11 is 0. The molecule has 54 heavy (non-hydrogen) atoms. The molecule has 1 aromatic carbocycles. The summed E-state index contributed by atoms with van der Waals surface area (Å²) in [7, 11) is 6.95. The molecule has 1 aliphatic carbocycles. The Hall–Kier alpha value is -3.15. The second kappa shape index (κ2) is 19.6. The number of ether oxygens (including phenoxy) is 2. The first-order chi connectivity index (χ1) is 25.6. The van der Waals surface area contributed by atoms with Gasteiger partial charge in [-0.25, -0.2) is 0 Å². The number of nitrogens with zero attached hydrogens (tertiary/aromatic N) is 3. The number of likely N-dealkylation sites (tertiary alicyclic amines) is 2. The van der Waals surface area contributed by atoms with E-state index in [2.05, 4.69) is 18.7 Å². The van der Waals surface area contributed by atoms with Gasteiger partial charge in [-0.05, 0) is 68.9 Å². The number of Topliss-reactive ketones (excluding diaryl/α,β-unsaturated/α-hetero) is 2. The van der Waals surface area contributed by atoms with Crippen LogP contribution >= 0.6 is 0 Å². The van der Waals surface area contributed by atoms with Crippen LogP contribution in [0.1, 0.15) is 98.0 Å². The minimum absolute atomic E-state index is 0.00808. The number of carboxylic acids is 1. The number of aliphatic carboxylic acids is 1. The van der Waals surface area contributed by atoms with Crippen LogP contribution in [0.4, 0.5) is 0 Å². The summed E-state index contributed by atoms with van der Waals surface area (Å²) in [6.45, 7) is 10.4. The monoisotopic (exact) mass is 753 g/mol. The normalized spacial score (nSPS) is 25.2. The molecule has 0 aromatic heterocycles. The second-order valence-corrected chi connectivity index (χ2v) is 16.8. The van der Waals surface area contributed by atoms with Crippen molar-refractivity contribution in [3.63, 3.8) is 0 Å². The Labute approximate surface area is 323 Å². The predicted octanol–water partition coefficient (Wildman–Crippen LogP) is 5.52. The van der Waals surface area contributed by atoms with Crippen LogP contribution in [-0.4, -0.2) is 120 Å². The Morgan fingerprint density at radius 1 is 0.944 bits per heavy atom. The number of ketones is 2. The molecule has 2 bridgehead atoms. The summed E-state index contributed by atoms with van der Waals surface area (Å²) in [5.41, 5.74) is 0.855. The van der Waals surface area contributed by atoms with E-state index >= 15 is 0 Å². The lowest BCUT2D eigenvalue weighted by atomic mass is 9.83. The summed E-state index contributed by atoms with van der Waals surface area (Å²) in [5, 5.41) is 9.95. The zero-order chi connectivity index (χ0) is 39.9. The van der Waals surface area contributed by atoms with Crippen LogP contribution in [0.25, 0.3) is 0 Å². The maximum absolute atomic E-state index is 14.4. The fourth-order valence-corrected chi connectivity index (χ4v) is 9.82. The first-order valence-electron chi connectivity index (χ1n) is 20.3. The van der Waals surface area contributed by atoms with Gasteiger partial charge in [0.15, 0.2) is 5.78 Å². The van der Waals surface area contributed by atoms with Crippen molar-refractivity contribution in [3.8, 4) is 0 Å². The van der Waals surface area contributed by atoms with Crippen LogP contribution in [0.15, 0.2) is 30.3 Å². The third kappa shape index (κ3) is 9.98. The van der Waals surface area contributed by atoms with Gasteiger partial charge in [0, 0.05) is 58.5 Å². The molecule has 3 fully saturated rings. The number of carbonyl (C=O) groups is 5. The molecule has 11 nitrogen and oxygen atoms in total. The number of hydrogen-bond acceptors (Lipinski definition) is 8. The highest BCUT2D eigenvalue weighted by atomic mass is 16.5. The summed E-state index contributed by atoms with van der Waals surface area (Å²) in [6, 6.07) is 8.86. The van der Waals surface area contributed by atoms with Crippen LogP contribution in [0.2, 0.25) is 0 Å². The zero-order valence-electron chi connectivity index (χ0n) is 34.2. The molecule has 1 aromatic rings. The molecule has 11 atom stereocenters. The van der Waals surface area contributed by atoms with E-state index in [1.807, 2.05) is 51.2 Å². The molecule has 0 unspecified atom stereocenters. The van der Waals surface area contributed by atoms with Gasteiger partial charge in [-0.15, -0.1) is 0 Å². The van der Waals surface area contributed by atoms with Crippen molar-refractivity contribution in [2.24, 2.45) is 35.5 Å². The molecule has 1 N–H and O–H groups in total. The van der Waals surface area contributed by atoms with Gasteiger partial charge >= 0.3 is 5.97 Å². The lowest BCUT2D eigenvalue weighted by Gasteiger charge is -2.41. The standard InChI is InChI=1S/C43H67N3O8/c1-10-27(4)39(45(7)42(50)33(26(2)3)24-36(48)40-30-18-19-32(22-30)44(40)6)37(53-8)25-38(49)46-20-14-17-34(46)41(54-9)28(5)35(47)23-31(43(51)52)21-29-15-12-11-13-16-29/h11-13,15-16,26-28,30-34,37,39-41H,10,14,17-25H2,1-9H3,(H,51,52)/t27-,28-,30-,31+,32+,33-,34-,37+,39-,40-,41+/m0/s1. The quantitative estimate of drug-likeness (QED) is 0.172. The first kappa shape index (κ1) is 43.6. The highest BCUT2D eigenvalue weighted by molar-refractivity contribution is 5.90. The molecular weight excluding hydrogens is 686 g/mol. The van der Waals surface area contributed by atoms with Crippen molar-refractivity contribution in [1.29, 1.82) is 0 Å². The van der Waals surface area contributed by atoms with E-state index in [1.54, 1.807) is 30.9 Å². The first-order valence-corrected chi connectivity index (χ1v) is 20.3. The summed E-state index contributed by atoms with van der Waals surface area (Å²) < 4.78 is 12.0. The Morgan fingerprint density at radius 2 is 1.63 bits per heavy atom. The number of carbonyl (C=O) groups excluding carboxylic acids is 4. The van der Waals surface area contributed by atoms with Gasteiger partial charge in [0.2, 0.25) is 11.8 Å². The van der Waals surface area contributed by atoms with Gasteiger partial charge in [-0.1, -0.05) is 71.4 Å². The van der Waals surface area contributed by atoms with Crippen LogP contribution in [0.5, 0.6) is 0 Å². The lowest BCUT2D eigenvalue weighted by Crippen LogP contribution is -2.54. The molecular formula is C43H67N3O8. The van der Waals surface area contributed by atoms with Crippen molar-refractivity contribution >= 4 is 29.4 Å². The lowest BCUT2D eigenvalue weighted by molar-refractivity contribution is -0.149. The fourth-order valence-electron chi connectivity index (χ4n) is 9.82. The van der Waals surface area contributed by atoms with E-state index in [9.17, 15) is 29.1 Å². The Kier molecular flexibility index (Phi) is 15.8. The van der Waals surface area contributed by atoms with Crippen LogP contribution in [0, 0.1) is 35.5 Å². The van der Waals surface area contributed by atoms with E-state index in [0.29, 0.717) is 24.9 Å². The van der Waals surface area contributed by atoms with Crippen LogP contribution < -0.4 is 0 Å². The Bertz CT molecular complexity index is 1430. The van der Waals surface area contributed by atoms with Crippen molar-refractivity contribution in [3.05, 3.63) is 35.9 Å². The van der Waals surface area contributed by atoms with E-state index in [0.717, 1.165) is 37.7 Å². The Morgan fingerprint density at radius 3 is 2.19 bits per heavy atom. The summed E-state index contributed by atoms with van der Waals surface area (Å²) in [5.74, 6) is -2.94. The number of methoxy groups -OCH3 is 2. The molecule has 0 spiro atoms. The van der Waals surface area contributed by atoms with Gasteiger partial charge in [0.25, 0.3) is 0 Å². The molecule has 2 aliphatic heterocycles. The molecule has 2 saturated heterocycles. The molecule has 0 radical (unpaired) electrons. The number of likely N-dealkylation sites (N-methyl/N-ethyl adjacent to an activating group) is 2. The third-order valence-corrected chi connectivity index (χ3v) is 13.3. The molecule has 2 amide bonds. The molecule has 1 saturated carbocycles. The number of fused-ring (bicyclic) bond motifs is 2. The van der Waals surface area contributed by atoms with E-state index in [4.69, 9.17) is 9.47 Å². The molecule has 3 aliphatic rings. The predicted molar refractivity (Wildman–Crippen MR) is 208 cm³/mol. The highest BCUT2D eigenvalue weighted by Gasteiger charge is 2.48. The maximum atomic E-state index is 14.4. The molecule has 4 rings (SSSR count). The van der Waals surface area contributed by atoms with Gasteiger partial charge in [-0.2, -0.15) is 0 Å². The van der Waals surface area contributed by atoms with Gasteiger partial charge in [0.1, 0.15) is 5.78 Å². The average Bonchev–Trinajstić information content (AvgIpc) is 3.90.